The number of hydrogen-bond acceptors (Lipinski definition) is 4. The summed E-state index contributed by atoms with van der Waals surface area (Å²) in [6, 6.07) is 9.76. The highest BCUT2D eigenvalue weighted by Gasteiger charge is 2.19. The van der Waals surface area contributed by atoms with Crippen LogP contribution < -0.4 is 0 Å². The summed E-state index contributed by atoms with van der Waals surface area (Å²) in [7, 11) is -4.52. The fourth-order valence-electron chi connectivity index (χ4n) is 3.40. The molecule has 0 saturated carbocycles. The normalized spacial score (nSPS) is 12.9. The molecule has 0 aliphatic carbocycles. The molecule has 2 N–H and O–H groups in total. The molecule has 1 rings (SSSR count). The molecule has 1 aromatic rings. The maximum atomic E-state index is 11.0. The molecule has 1 aromatic carbocycles. The third-order valence-electron chi connectivity index (χ3n) is 5.20. The summed E-state index contributed by atoms with van der Waals surface area (Å²) in [6.45, 7) is 3.27. The summed E-state index contributed by atoms with van der Waals surface area (Å²) in [5, 5.41) is 0. The quantitative estimate of drug-likeness (QED) is 0.164. The molecule has 6 nitrogen and oxygen atoms in total. The van der Waals surface area contributed by atoms with Gasteiger partial charge in [0.15, 0.2) is 0 Å². The van der Waals surface area contributed by atoms with Gasteiger partial charge in [0.2, 0.25) is 0 Å². The van der Waals surface area contributed by atoms with Crippen LogP contribution >= 0.6 is 7.82 Å². The zero-order chi connectivity index (χ0) is 22.6. The molecule has 0 aromatic heterocycles. The highest BCUT2D eigenvalue weighted by Crippen LogP contribution is 2.35. The Kier molecular flexibility index (Phi) is 17.1. The minimum absolute atomic E-state index is 0.183. The lowest BCUT2D eigenvalue weighted by atomic mass is 10.1. The van der Waals surface area contributed by atoms with Crippen LogP contribution in [-0.2, 0) is 25.2 Å². The third-order valence-corrected chi connectivity index (χ3v) is 5.68. The molecule has 0 amide bonds. The predicted molar refractivity (Wildman–Crippen MR) is 125 cm³/mol. The summed E-state index contributed by atoms with van der Waals surface area (Å²) >= 11 is 0. The molecule has 0 spiro atoms. The van der Waals surface area contributed by atoms with E-state index in [2.05, 4.69) is 11.4 Å². The maximum Gasteiger partial charge on any atom is 0.469 e. The number of rotatable bonds is 21. The van der Waals surface area contributed by atoms with Gasteiger partial charge >= 0.3 is 7.82 Å². The minimum atomic E-state index is -4.52. The molecule has 180 valence electrons. The van der Waals surface area contributed by atoms with Crippen molar-refractivity contribution in [3.63, 3.8) is 0 Å². The van der Waals surface area contributed by atoms with Gasteiger partial charge in [0, 0.05) is 6.61 Å². The Morgan fingerprint density at radius 1 is 0.806 bits per heavy atom. The third kappa shape index (κ3) is 18.5. The summed E-state index contributed by atoms with van der Waals surface area (Å²) in [6.07, 6.45) is 14.8. The number of ether oxygens (including phenoxy) is 2. The topological polar surface area (TPSA) is 85.2 Å². The lowest BCUT2D eigenvalue weighted by Gasteiger charge is -2.18. The van der Waals surface area contributed by atoms with Crippen LogP contribution in [0.15, 0.2) is 30.3 Å². The van der Waals surface area contributed by atoms with E-state index < -0.39 is 13.9 Å². The summed E-state index contributed by atoms with van der Waals surface area (Å²) < 4.78 is 27.0. The first-order chi connectivity index (χ1) is 15.0. The average Bonchev–Trinajstić information content (AvgIpc) is 2.75. The molecule has 1 atom stereocenters. The van der Waals surface area contributed by atoms with Gasteiger partial charge in [0.05, 0.1) is 19.8 Å². The first-order valence-corrected chi connectivity index (χ1v) is 13.5. The highest BCUT2D eigenvalue weighted by molar-refractivity contribution is 7.46. The van der Waals surface area contributed by atoms with Crippen molar-refractivity contribution in [2.24, 2.45) is 0 Å². The zero-order valence-corrected chi connectivity index (χ0v) is 20.1. The van der Waals surface area contributed by atoms with Crippen molar-refractivity contribution >= 4 is 7.82 Å². The molecule has 0 aliphatic heterocycles. The molecular weight excluding hydrogens is 415 g/mol. The van der Waals surface area contributed by atoms with E-state index in [0.717, 1.165) is 18.4 Å². The van der Waals surface area contributed by atoms with Crippen LogP contribution in [-0.4, -0.2) is 35.7 Å². The van der Waals surface area contributed by atoms with Crippen molar-refractivity contribution in [1.29, 1.82) is 0 Å². The average molecular weight is 459 g/mol. The van der Waals surface area contributed by atoms with E-state index in [1.165, 1.54) is 64.2 Å². The van der Waals surface area contributed by atoms with Crippen LogP contribution in [0.1, 0.15) is 89.5 Å². The van der Waals surface area contributed by atoms with Crippen molar-refractivity contribution in [3.05, 3.63) is 35.9 Å². The molecule has 0 fully saturated rings. The van der Waals surface area contributed by atoms with Gasteiger partial charge in [-0.3, -0.25) is 4.52 Å². The van der Waals surface area contributed by atoms with Crippen molar-refractivity contribution < 1.29 is 28.3 Å². The fourth-order valence-corrected chi connectivity index (χ4v) is 3.76. The Hall–Kier alpha value is -0.750. The predicted octanol–water partition coefficient (Wildman–Crippen LogP) is 6.40. The molecule has 0 saturated heterocycles. The first kappa shape index (κ1) is 28.3. The van der Waals surface area contributed by atoms with Gasteiger partial charge in [-0.05, 0) is 12.0 Å². The SMILES string of the molecule is CCCCCCCCCCCCCCOC(COCc1ccccc1)COP(=O)(O)O. The summed E-state index contributed by atoms with van der Waals surface area (Å²) in [4.78, 5) is 17.9. The van der Waals surface area contributed by atoms with E-state index in [1.807, 2.05) is 30.3 Å². The van der Waals surface area contributed by atoms with E-state index in [-0.39, 0.29) is 13.2 Å². The van der Waals surface area contributed by atoms with Crippen molar-refractivity contribution in [1.82, 2.24) is 0 Å². The summed E-state index contributed by atoms with van der Waals surface area (Å²) in [5.41, 5.74) is 1.04. The van der Waals surface area contributed by atoms with Gasteiger partial charge in [0.25, 0.3) is 0 Å². The van der Waals surface area contributed by atoms with Gasteiger partial charge in [-0.2, -0.15) is 0 Å². The molecule has 1 unspecified atom stereocenters. The van der Waals surface area contributed by atoms with Crippen LogP contribution in [0.3, 0.4) is 0 Å². The van der Waals surface area contributed by atoms with Crippen LogP contribution in [0.25, 0.3) is 0 Å². The maximum absolute atomic E-state index is 11.0. The minimum Gasteiger partial charge on any atom is -0.374 e. The van der Waals surface area contributed by atoms with E-state index >= 15 is 0 Å². The molecule has 0 bridgehead atoms. The Morgan fingerprint density at radius 3 is 1.90 bits per heavy atom. The Labute approximate surface area is 188 Å². The van der Waals surface area contributed by atoms with E-state index in [1.54, 1.807) is 0 Å². The summed E-state index contributed by atoms with van der Waals surface area (Å²) in [5.74, 6) is 0. The van der Waals surface area contributed by atoms with E-state index in [0.29, 0.717) is 13.2 Å². The second-order valence-electron chi connectivity index (χ2n) is 8.17. The van der Waals surface area contributed by atoms with Crippen LogP contribution in [0.4, 0.5) is 0 Å². The Morgan fingerprint density at radius 2 is 1.35 bits per heavy atom. The number of hydrogen-bond donors (Lipinski definition) is 2. The van der Waals surface area contributed by atoms with Gasteiger partial charge in [-0.15, -0.1) is 0 Å². The highest BCUT2D eigenvalue weighted by atomic mass is 31.2. The molecule has 0 radical (unpaired) electrons. The molecule has 31 heavy (non-hydrogen) atoms. The van der Waals surface area contributed by atoms with Gasteiger partial charge in [-0.25, -0.2) is 4.57 Å². The first-order valence-electron chi connectivity index (χ1n) is 11.9. The molecule has 0 heterocycles. The van der Waals surface area contributed by atoms with E-state index in [4.69, 9.17) is 19.3 Å². The van der Waals surface area contributed by atoms with Crippen molar-refractivity contribution in [2.45, 2.75) is 96.7 Å². The lowest BCUT2D eigenvalue weighted by molar-refractivity contribution is -0.0464. The Balaban J connectivity index is 2.08. The number of unbranched alkanes of at least 4 members (excludes halogenated alkanes) is 11. The van der Waals surface area contributed by atoms with Crippen molar-refractivity contribution in [3.8, 4) is 0 Å². The fraction of sp³-hybridized carbons (Fsp3) is 0.750. The smallest absolute Gasteiger partial charge is 0.374 e. The second-order valence-corrected chi connectivity index (χ2v) is 9.41. The zero-order valence-electron chi connectivity index (χ0n) is 19.3. The van der Waals surface area contributed by atoms with Crippen LogP contribution in [0.2, 0.25) is 0 Å². The number of phosphoric ester groups is 1. The van der Waals surface area contributed by atoms with E-state index in [9.17, 15) is 4.57 Å². The second kappa shape index (κ2) is 18.8. The van der Waals surface area contributed by atoms with Gasteiger partial charge in [0.1, 0.15) is 6.10 Å². The number of benzene rings is 1. The van der Waals surface area contributed by atoms with Crippen LogP contribution in [0, 0.1) is 0 Å². The van der Waals surface area contributed by atoms with Crippen molar-refractivity contribution in [2.75, 3.05) is 19.8 Å². The molecule has 7 heteroatoms. The number of phosphoric acid groups is 1. The van der Waals surface area contributed by atoms with Gasteiger partial charge in [-0.1, -0.05) is 108 Å². The van der Waals surface area contributed by atoms with Gasteiger partial charge < -0.3 is 19.3 Å². The van der Waals surface area contributed by atoms with Crippen LogP contribution in [0.5, 0.6) is 0 Å². The lowest BCUT2D eigenvalue weighted by Crippen LogP contribution is -2.25. The Bertz CT molecular complexity index is 562. The molecular formula is C24H43O6P. The molecule has 0 aliphatic rings. The standard InChI is InChI=1S/C24H43O6P/c1-2-3-4-5-6-7-8-9-10-11-12-16-19-29-24(22-30-31(25,26)27)21-28-20-23-17-14-13-15-18-23/h13-15,17-18,24H,2-12,16,19-22H2,1H3,(H2,25,26,27). The largest absolute Gasteiger partial charge is 0.469 e. The monoisotopic (exact) mass is 458 g/mol.